The molecular weight excluding hydrogens is 382 g/mol. The Morgan fingerprint density at radius 1 is 1.08 bits per heavy atom. The summed E-state index contributed by atoms with van der Waals surface area (Å²) >= 11 is 11.8. The highest BCUT2D eigenvalue weighted by Crippen LogP contribution is 2.32. The Morgan fingerprint density at radius 3 is 2.15 bits per heavy atom. The molecule has 0 saturated carbocycles. The molecule has 3 amide bonds. The number of aryl methyl sites for hydroxylation is 1. The Morgan fingerprint density at radius 2 is 1.62 bits per heavy atom. The third-order valence-electron chi connectivity index (χ3n) is 4.11. The van der Waals surface area contributed by atoms with Crippen LogP contribution >= 0.6 is 23.2 Å². The van der Waals surface area contributed by atoms with E-state index in [9.17, 15) is 18.8 Å². The minimum absolute atomic E-state index is 0.0236. The maximum absolute atomic E-state index is 13.8. The van der Waals surface area contributed by atoms with Gasteiger partial charge in [-0.25, -0.2) is 4.39 Å². The highest BCUT2D eigenvalue weighted by molar-refractivity contribution is 6.43. The van der Waals surface area contributed by atoms with Crippen LogP contribution in [-0.4, -0.2) is 28.7 Å². The van der Waals surface area contributed by atoms with E-state index < -0.39 is 29.6 Å². The molecule has 1 aliphatic rings. The molecule has 0 saturated heterocycles. The average Bonchev–Trinajstić information content (AvgIpc) is 2.81. The van der Waals surface area contributed by atoms with Gasteiger partial charge in [0.15, 0.2) is 0 Å². The second-order valence-corrected chi connectivity index (χ2v) is 6.76. The molecular formula is C18H13Cl2FN2O3. The number of benzene rings is 2. The summed E-state index contributed by atoms with van der Waals surface area (Å²) in [5.41, 5.74) is 0.875. The molecule has 26 heavy (non-hydrogen) atoms. The number of halogens is 3. The summed E-state index contributed by atoms with van der Waals surface area (Å²) in [5.74, 6) is -2.62. The summed E-state index contributed by atoms with van der Waals surface area (Å²) in [4.78, 5) is 38.3. The Hall–Kier alpha value is -2.44. The molecule has 1 unspecified atom stereocenters. The monoisotopic (exact) mass is 394 g/mol. The van der Waals surface area contributed by atoms with E-state index in [1.807, 2.05) is 0 Å². The number of nitrogens with one attached hydrogen (secondary N) is 1. The van der Waals surface area contributed by atoms with Crippen LogP contribution in [0.5, 0.6) is 0 Å². The fourth-order valence-electron chi connectivity index (χ4n) is 2.69. The van der Waals surface area contributed by atoms with Gasteiger partial charge in [-0.1, -0.05) is 29.3 Å². The highest BCUT2D eigenvalue weighted by atomic mass is 35.5. The summed E-state index contributed by atoms with van der Waals surface area (Å²) in [6.45, 7) is 3.13. The van der Waals surface area contributed by atoms with Crippen molar-refractivity contribution in [2.75, 3.05) is 5.32 Å². The quantitative estimate of drug-likeness (QED) is 0.797. The lowest BCUT2D eigenvalue weighted by molar-refractivity contribution is -0.119. The first kappa shape index (κ1) is 18.4. The second kappa shape index (κ2) is 6.70. The Balaban J connectivity index is 1.87. The number of fused-ring (bicyclic) bond motifs is 1. The summed E-state index contributed by atoms with van der Waals surface area (Å²) in [6, 6.07) is 5.68. The minimum Gasteiger partial charge on any atom is -0.322 e. The largest absolute Gasteiger partial charge is 0.322 e. The number of carbonyl (C=O) groups is 3. The van der Waals surface area contributed by atoms with Crippen LogP contribution in [0.25, 0.3) is 0 Å². The van der Waals surface area contributed by atoms with Crippen LogP contribution in [0.3, 0.4) is 0 Å². The third kappa shape index (κ3) is 3.06. The number of amides is 3. The Labute approximate surface area is 158 Å². The third-order valence-corrected chi connectivity index (χ3v) is 4.83. The van der Waals surface area contributed by atoms with E-state index in [4.69, 9.17) is 23.2 Å². The Kier molecular flexibility index (Phi) is 4.73. The van der Waals surface area contributed by atoms with Gasteiger partial charge in [-0.05, 0) is 43.7 Å². The minimum atomic E-state index is -1.15. The number of imide groups is 1. The van der Waals surface area contributed by atoms with E-state index >= 15 is 0 Å². The smallest absolute Gasteiger partial charge is 0.262 e. The highest BCUT2D eigenvalue weighted by Gasteiger charge is 2.41. The molecule has 0 fully saturated rings. The van der Waals surface area contributed by atoms with Gasteiger partial charge in [0.1, 0.15) is 11.9 Å². The van der Waals surface area contributed by atoms with Gasteiger partial charge in [0, 0.05) is 0 Å². The van der Waals surface area contributed by atoms with Gasteiger partial charge in [0.25, 0.3) is 11.8 Å². The van der Waals surface area contributed by atoms with Crippen LogP contribution in [0, 0.1) is 12.7 Å². The zero-order valence-electron chi connectivity index (χ0n) is 13.8. The first-order valence-corrected chi connectivity index (χ1v) is 8.40. The topological polar surface area (TPSA) is 66.5 Å². The summed E-state index contributed by atoms with van der Waals surface area (Å²) in [6.07, 6.45) is 0. The van der Waals surface area contributed by atoms with Crippen molar-refractivity contribution < 1.29 is 18.8 Å². The van der Waals surface area contributed by atoms with Gasteiger partial charge in [-0.3, -0.25) is 19.3 Å². The van der Waals surface area contributed by atoms with Gasteiger partial charge in [-0.15, -0.1) is 0 Å². The zero-order valence-corrected chi connectivity index (χ0v) is 15.3. The fraction of sp³-hybridized carbons (Fsp3) is 0.167. The van der Waals surface area contributed by atoms with Crippen LogP contribution in [0.15, 0.2) is 30.3 Å². The zero-order chi connectivity index (χ0) is 19.2. The molecule has 134 valence electrons. The standard InChI is InChI=1S/C18H13Cl2FN2O3/c1-8-3-4-14(21)15(5-8)22-16(24)9(2)23-17(25)10-6-12(19)13(20)7-11(10)18(23)26/h3-7,9H,1-2H3,(H,22,24). The normalized spacial score (nSPS) is 14.4. The number of hydrogen-bond donors (Lipinski definition) is 1. The van der Waals surface area contributed by atoms with Crippen LogP contribution in [0.2, 0.25) is 10.0 Å². The van der Waals surface area contributed by atoms with Crippen LogP contribution in [-0.2, 0) is 4.79 Å². The van der Waals surface area contributed by atoms with Gasteiger partial charge < -0.3 is 5.32 Å². The summed E-state index contributed by atoms with van der Waals surface area (Å²) < 4.78 is 13.8. The van der Waals surface area contributed by atoms with Gasteiger partial charge >= 0.3 is 0 Å². The molecule has 1 heterocycles. The number of anilines is 1. The van der Waals surface area contributed by atoms with E-state index in [-0.39, 0.29) is 26.9 Å². The molecule has 1 atom stereocenters. The number of hydrogen-bond acceptors (Lipinski definition) is 3. The lowest BCUT2D eigenvalue weighted by Gasteiger charge is -2.21. The Bertz CT molecular complexity index is 921. The predicted octanol–water partition coefficient (Wildman–Crippen LogP) is 4.06. The number of rotatable bonds is 3. The van der Waals surface area contributed by atoms with Crippen LogP contribution in [0.1, 0.15) is 33.2 Å². The second-order valence-electron chi connectivity index (χ2n) is 5.94. The molecule has 8 heteroatoms. The molecule has 5 nitrogen and oxygen atoms in total. The van der Waals surface area contributed by atoms with E-state index in [0.29, 0.717) is 0 Å². The molecule has 0 bridgehead atoms. The predicted molar refractivity (Wildman–Crippen MR) is 96.2 cm³/mol. The van der Waals surface area contributed by atoms with Crippen molar-refractivity contribution in [3.63, 3.8) is 0 Å². The maximum atomic E-state index is 13.8. The molecule has 2 aromatic rings. The lowest BCUT2D eigenvalue weighted by Crippen LogP contribution is -2.45. The number of nitrogens with zero attached hydrogens (tertiary/aromatic N) is 1. The van der Waals surface area contributed by atoms with Crippen molar-refractivity contribution in [2.45, 2.75) is 19.9 Å². The molecule has 1 N–H and O–H groups in total. The van der Waals surface area contributed by atoms with E-state index in [0.717, 1.165) is 10.5 Å². The van der Waals surface area contributed by atoms with Gasteiger partial charge in [0.2, 0.25) is 5.91 Å². The molecule has 1 aliphatic heterocycles. The van der Waals surface area contributed by atoms with E-state index in [1.54, 1.807) is 13.0 Å². The fourth-order valence-corrected chi connectivity index (χ4v) is 3.02. The van der Waals surface area contributed by atoms with Crippen LogP contribution < -0.4 is 5.32 Å². The molecule has 3 rings (SSSR count). The van der Waals surface area contributed by atoms with Crippen LogP contribution in [0.4, 0.5) is 10.1 Å². The average molecular weight is 395 g/mol. The van der Waals surface area contributed by atoms with Gasteiger partial charge in [-0.2, -0.15) is 0 Å². The molecule has 0 spiro atoms. The first-order chi connectivity index (χ1) is 12.2. The molecule has 0 aliphatic carbocycles. The molecule has 0 radical (unpaired) electrons. The van der Waals surface area contributed by atoms with Crippen molar-refractivity contribution in [3.05, 3.63) is 62.9 Å². The van der Waals surface area contributed by atoms with Crippen molar-refractivity contribution in [3.8, 4) is 0 Å². The van der Waals surface area contributed by atoms with Gasteiger partial charge in [0.05, 0.1) is 26.9 Å². The maximum Gasteiger partial charge on any atom is 0.262 e. The number of carbonyl (C=O) groups excluding carboxylic acids is 3. The van der Waals surface area contributed by atoms with Crippen molar-refractivity contribution in [1.82, 2.24) is 4.90 Å². The van der Waals surface area contributed by atoms with E-state index in [2.05, 4.69) is 5.32 Å². The molecule has 2 aromatic carbocycles. The van der Waals surface area contributed by atoms with Crippen molar-refractivity contribution in [1.29, 1.82) is 0 Å². The molecule has 0 aromatic heterocycles. The van der Waals surface area contributed by atoms with Crippen molar-refractivity contribution >= 4 is 46.6 Å². The SMILES string of the molecule is Cc1ccc(F)c(NC(=O)C(C)N2C(=O)c3cc(Cl)c(Cl)cc3C2=O)c1. The van der Waals surface area contributed by atoms with Crippen molar-refractivity contribution in [2.24, 2.45) is 0 Å². The lowest BCUT2D eigenvalue weighted by atomic mass is 10.1. The van der Waals surface area contributed by atoms with E-state index in [1.165, 1.54) is 31.2 Å². The first-order valence-electron chi connectivity index (χ1n) is 7.64. The summed E-state index contributed by atoms with van der Waals surface area (Å²) in [5, 5.41) is 2.67. The summed E-state index contributed by atoms with van der Waals surface area (Å²) in [7, 11) is 0.